The molecule has 4 rings (SSSR count). The van der Waals surface area contributed by atoms with E-state index in [1.165, 1.54) is 6.20 Å². The molecular weight excluding hydrogens is 364 g/mol. The standard InChI is InChI=1S/C19H18N4O5/c1-2-27-19(26)23-6-5-13-11(10-23)8-20-9-14(13)17(24)21-12-3-4-15-16(7-12)28-18(25)22-15/h3-4,7-9H,2,5-6,10H2,1H3,(H,21,24)(H,22,25). The zero-order valence-electron chi connectivity index (χ0n) is 15.2. The van der Waals surface area contributed by atoms with Crippen LogP contribution in [0.1, 0.15) is 28.4 Å². The number of carbonyl (C=O) groups is 2. The summed E-state index contributed by atoms with van der Waals surface area (Å²) in [6.45, 7) is 2.89. The van der Waals surface area contributed by atoms with E-state index in [0.717, 1.165) is 11.1 Å². The lowest BCUT2D eigenvalue weighted by Crippen LogP contribution is -2.37. The summed E-state index contributed by atoms with van der Waals surface area (Å²) < 4.78 is 10.1. The lowest BCUT2D eigenvalue weighted by Gasteiger charge is -2.28. The highest BCUT2D eigenvalue weighted by Crippen LogP contribution is 2.24. The molecule has 1 aliphatic heterocycles. The van der Waals surface area contributed by atoms with Crippen molar-refractivity contribution in [2.24, 2.45) is 0 Å². The first-order valence-corrected chi connectivity index (χ1v) is 8.87. The van der Waals surface area contributed by atoms with Gasteiger partial charge in [0.05, 0.1) is 24.2 Å². The first-order valence-electron chi connectivity index (χ1n) is 8.87. The number of amides is 2. The largest absolute Gasteiger partial charge is 0.450 e. The van der Waals surface area contributed by atoms with Crippen LogP contribution in [0.2, 0.25) is 0 Å². The minimum atomic E-state index is -0.550. The SMILES string of the molecule is CCOC(=O)N1CCc2c(cncc2C(=O)Nc2ccc3[nH]c(=O)oc3c2)C1. The Morgan fingerprint density at radius 2 is 2.21 bits per heavy atom. The summed E-state index contributed by atoms with van der Waals surface area (Å²) in [4.78, 5) is 44.3. The van der Waals surface area contributed by atoms with Crippen LogP contribution in [0.15, 0.2) is 39.8 Å². The molecule has 9 nitrogen and oxygen atoms in total. The molecular formula is C19H18N4O5. The number of aromatic amines is 1. The van der Waals surface area contributed by atoms with Crippen LogP contribution in [-0.4, -0.2) is 40.0 Å². The Kier molecular flexibility index (Phi) is 4.56. The van der Waals surface area contributed by atoms with Crippen LogP contribution < -0.4 is 11.1 Å². The molecule has 0 radical (unpaired) electrons. The van der Waals surface area contributed by atoms with E-state index in [9.17, 15) is 14.4 Å². The van der Waals surface area contributed by atoms with Crippen LogP contribution in [0.4, 0.5) is 10.5 Å². The number of pyridine rings is 1. The molecule has 0 aliphatic carbocycles. The molecule has 144 valence electrons. The zero-order valence-corrected chi connectivity index (χ0v) is 15.2. The molecule has 9 heteroatoms. The number of aromatic nitrogens is 2. The summed E-state index contributed by atoms with van der Waals surface area (Å²) in [5.74, 6) is -0.864. The highest BCUT2D eigenvalue weighted by molar-refractivity contribution is 6.06. The van der Waals surface area contributed by atoms with Gasteiger partial charge in [0, 0.05) is 30.7 Å². The molecule has 1 aromatic carbocycles. The molecule has 0 fully saturated rings. The maximum atomic E-state index is 12.8. The number of benzene rings is 1. The number of nitrogens with zero attached hydrogens (tertiary/aromatic N) is 2. The Balaban J connectivity index is 1.56. The third-order valence-electron chi connectivity index (χ3n) is 4.59. The molecule has 2 N–H and O–H groups in total. The first kappa shape index (κ1) is 17.8. The Morgan fingerprint density at radius 1 is 1.36 bits per heavy atom. The van der Waals surface area contributed by atoms with Crippen LogP contribution in [0, 0.1) is 0 Å². The van der Waals surface area contributed by atoms with Crippen molar-refractivity contribution in [2.75, 3.05) is 18.5 Å². The van der Waals surface area contributed by atoms with E-state index < -0.39 is 5.76 Å². The molecule has 28 heavy (non-hydrogen) atoms. The fourth-order valence-electron chi connectivity index (χ4n) is 3.28. The molecule has 3 heterocycles. The van der Waals surface area contributed by atoms with Crippen molar-refractivity contribution in [3.8, 4) is 0 Å². The average molecular weight is 382 g/mol. The Labute approximate surface area is 159 Å². The van der Waals surface area contributed by atoms with E-state index in [1.807, 2.05) is 0 Å². The van der Waals surface area contributed by atoms with Crippen molar-refractivity contribution in [2.45, 2.75) is 19.9 Å². The quantitative estimate of drug-likeness (QED) is 0.718. The third-order valence-corrected chi connectivity index (χ3v) is 4.59. The number of carbonyl (C=O) groups excluding carboxylic acids is 2. The Hall–Kier alpha value is -3.62. The second kappa shape index (κ2) is 7.18. The molecule has 0 atom stereocenters. The van der Waals surface area contributed by atoms with E-state index in [4.69, 9.17) is 9.15 Å². The Bertz CT molecular complexity index is 1120. The van der Waals surface area contributed by atoms with Gasteiger partial charge in [-0.05, 0) is 36.6 Å². The number of hydrogen-bond acceptors (Lipinski definition) is 6. The van der Waals surface area contributed by atoms with E-state index >= 15 is 0 Å². The number of oxazole rings is 1. The minimum absolute atomic E-state index is 0.314. The maximum Gasteiger partial charge on any atom is 0.417 e. The summed E-state index contributed by atoms with van der Waals surface area (Å²) in [7, 11) is 0. The van der Waals surface area contributed by atoms with Gasteiger partial charge in [0.25, 0.3) is 5.91 Å². The lowest BCUT2D eigenvalue weighted by molar-refractivity contribution is 0.101. The Morgan fingerprint density at radius 3 is 3.04 bits per heavy atom. The van der Waals surface area contributed by atoms with Gasteiger partial charge in [-0.1, -0.05) is 0 Å². The molecule has 2 amide bonds. The number of ether oxygens (including phenoxy) is 1. The maximum absolute atomic E-state index is 12.8. The van der Waals surface area contributed by atoms with E-state index in [-0.39, 0.29) is 12.0 Å². The van der Waals surface area contributed by atoms with Crippen molar-refractivity contribution >= 4 is 28.8 Å². The van der Waals surface area contributed by atoms with Gasteiger partial charge in [-0.25, -0.2) is 9.59 Å². The zero-order chi connectivity index (χ0) is 19.7. The summed E-state index contributed by atoms with van der Waals surface area (Å²) in [6, 6.07) is 4.92. The second-order valence-corrected chi connectivity index (χ2v) is 6.37. The third kappa shape index (κ3) is 3.34. The number of anilines is 1. The van der Waals surface area contributed by atoms with Gasteiger partial charge in [-0.15, -0.1) is 0 Å². The lowest BCUT2D eigenvalue weighted by atomic mass is 9.97. The van der Waals surface area contributed by atoms with Crippen molar-refractivity contribution < 1.29 is 18.7 Å². The van der Waals surface area contributed by atoms with Gasteiger partial charge < -0.3 is 19.4 Å². The van der Waals surface area contributed by atoms with Crippen molar-refractivity contribution in [1.29, 1.82) is 0 Å². The van der Waals surface area contributed by atoms with Crippen molar-refractivity contribution in [1.82, 2.24) is 14.9 Å². The van der Waals surface area contributed by atoms with Crippen LogP contribution in [0.25, 0.3) is 11.1 Å². The van der Waals surface area contributed by atoms with Gasteiger partial charge in [0.2, 0.25) is 0 Å². The van der Waals surface area contributed by atoms with Crippen LogP contribution >= 0.6 is 0 Å². The predicted molar refractivity (Wildman–Crippen MR) is 100 cm³/mol. The first-order chi connectivity index (χ1) is 13.5. The smallest absolute Gasteiger partial charge is 0.417 e. The number of fused-ring (bicyclic) bond motifs is 2. The van der Waals surface area contributed by atoms with Crippen LogP contribution in [0.3, 0.4) is 0 Å². The van der Waals surface area contributed by atoms with Gasteiger partial charge in [0.1, 0.15) is 0 Å². The van der Waals surface area contributed by atoms with Crippen molar-refractivity contribution in [3.05, 3.63) is 57.8 Å². The molecule has 0 bridgehead atoms. The molecule has 1 aliphatic rings. The molecule has 0 saturated heterocycles. The van der Waals surface area contributed by atoms with Crippen LogP contribution in [0.5, 0.6) is 0 Å². The average Bonchev–Trinajstić information content (AvgIpc) is 3.06. The number of nitrogens with one attached hydrogen (secondary N) is 2. The molecule has 0 unspecified atom stereocenters. The summed E-state index contributed by atoms with van der Waals surface area (Å²) in [6.07, 6.45) is 3.34. The second-order valence-electron chi connectivity index (χ2n) is 6.37. The van der Waals surface area contributed by atoms with Gasteiger partial charge >= 0.3 is 11.8 Å². The van der Waals surface area contributed by atoms with Gasteiger partial charge in [-0.3, -0.25) is 14.8 Å². The number of H-pyrrole nitrogens is 1. The summed E-state index contributed by atoms with van der Waals surface area (Å²) in [5, 5.41) is 2.80. The topological polar surface area (TPSA) is 118 Å². The van der Waals surface area contributed by atoms with Gasteiger partial charge in [-0.2, -0.15) is 0 Å². The number of rotatable bonds is 3. The number of hydrogen-bond donors (Lipinski definition) is 2. The van der Waals surface area contributed by atoms with Crippen LogP contribution in [-0.2, 0) is 17.7 Å². The van der Waals surface area contributed by atoms with E-state index in [2.05, 4.69) is 15.3 Å². The fraction of sp³-hybridized carbons (Fsp3) is 0.263. The molecule has 0 saturated carbocycles. The molecule has 0 spiro atoms. The highest BCUT2D eigenvalue weighted by Gasteiger charge is 2.25. The fourth-order valence-corrected chi connectivity index (χ4v) is 3.28. The van der Waals surface area contributed by atoms with E-state index in [1.54, 1.807) is 36.2 Å². The summed E-state index contributed by atoms with van der Waals surface area (Å²) in [5.41, 5.74) is 3.56. The molecule has 2 aromatic heterocycles. The van der Waals surface area contributed by atoms with E-state index in [0.29, 0.717) is 48.5 Å². The minimum Gasteiger partial charge on any atom is -0.450 e. The summed E-state index contributed by atoms with van der Waals surface area (Å²) >= 11 is 0. The predicted octanol–water partition coefficient (Wildman–Crippen LogP) is 2.28. The highest BCUT2D eigenvalue weighted by atomic mass is 16.6. The normalized spacial score (nSPS) is 13.2. The monoisotopic (exact) mass is 382 g/mol. The van der Waals surface area contributed by atoms with Gasteiger partial charge in [0.15, 0.2) is 5.58 Å². The molecule has 3 aromatic rings. The van der Waals surface area contributed by atoms with Crippen molar-refractivity contribution in [3.63, 3.8) is 0 Å².